The second-order valence-electron chi connectivity index (χ2n) is 8.30. The summed E-state index contributed by atoms with van der Waals surface area (Å²) in [6, 6.07) is 25.8. The summed E-state index contributed by atoms with van der Waals surface area (Å²) in [6.07, 6.45) is 1.81. The lowest BCUT2D eigenvalue weighted by molar-refractivity contribution is 0.0730. The summed E-state index contributed by atoms with van der Waals surface area (Å²) in [7, 11) is -3.64. The molecule has 1 saturated heterocycles. The molecule has 0 unspecified atom stereocenters. The summed E-state index contributed by atoms with van der Waals surface area (Å²) in [5, 5.41) is 4.71. The second-order valence-corrected chi connectivity index (χ2v) is 10.2. The standard InChI is InChI=1S/C27H25N3O4S/c31-26(19-21-8-7-13-24(18-21)35(32,33)29-14-16-34-17-15-29)25-20-30(23-11-5-2-6-12-23)28-27(25)22-9-3-1-4-10-22/h1-13,18,20H,14-17,19H2. The SMILES string of the molecule is O=C(Cc1cccc(S(=O)(=O)N2CCOCC2)c1)c1cn(-c2ccccc2)nc1-c1ccccc1. The fourth-order valence-electron chi connectivity index (χ4n) is 4.13. The third kappa shape index (κ3) is 4.95. The van der Waals surface area contributed by atoms with Gasteiger partial charge in [0.25, 0.3) is 0 Å². The normalized spacial score (nSPS) is 14.6. The van der Waals surface area contributed by atoms with Crippen molar-refractivity contribution in [3.63, 3.8) is 0 Å². The molecule has 1 aliphatic heterocycles. The van der Waals surface area contributed by atoms with Crippen molar-refractivity contribution in [1.82, 2.24) is 14.1 Å². The third-order valence-electron chi connectivity index (χ3n) is 5.95. The predicted molar refractivity (Wildman–Crippen MR) is 133 cm³/mol. The second kappa shape index (κ2) is 9.95. The molecule has 3 aromatic carbocycles. The molecule has 1 aromatic heterocycles. The van der Waals surface area contributed by atoms with E-state index in [1.54, 1.807) is 35.1 Å². The number of sulfonamides is 1. The van der Waals surface area contributed by atoms with E-state index in [2.05, 4.69) is 0 Å². The van der Waals surface area contributed by atoms with Crippen LogP contribution >= 0.6 is 0 Å². The third-order valence-corrected chi connectivity index (χ3v) is 7.85. The van der Waals surface area contributed by atoms with E-state index in [1.165, 1.54) is 4.31 Å². The average Bonchev–Trinajstić information content (AvgIpc) is 3.36. The van der Waals surface area contributed by atoms with E-state index >= 15 is 0 Å². The minimum Gasteiger partial charge on any atom is -0.379 e. The Hall–Kier alpha value is -3.59. The van der Waals surface area contributed by atoms with Crippen molar-refractivity contribution in [3.05, 3.63) is 102 Å². The largest absolute Gasteiger partial charge is 0.379 e. The number of aromatic nitrogens is 2. The molecule has 4 aromatic rings. The van der Waals surface area contributed by atoms with Crippen LogP contribution in [0.3, 0.4) is 0 Å². The van der Waals surface area contributed by atoms with E-state index in [0.29, 0.717) is 43.1 Å². The van der Waals surface area contributed by atoms with Crippen molar-refractivity contribution in [3.8, 4) is 16.9 Å². The fourth-order valence-corrected chi connectivity index (χ4v) is 5.61. The molecule has 0 amide bonds. The van der Waals surface area contributed by atoms with Crippen LogP contribution in [-0.4, -0.2) is 54.6 Å². The summed E-state index contributed by atoms with van der Waals surface area (Å²) >= 11 is 0. The van der Waals surface area contributed by atoms with Crippen molar-refractivity contribution in [1.29, 1.82) is 0 Å². The number of morpholine rings is 1. The Morgan fingerprint density at radius 3 is 2.29 bits per heavy atom. The zero-order chi connectivity index (χ0) is 24.3. The molecule has 8 heteroatoms. The van der Waals surface area contributed by atoms with Gasteiger partial charge in [-0.25, -0.2) is 13.1 Å². The Morgan fingerprint density at radius 1 is 0.886 bits per heavy atom. The Morgan fingerprint density at radius 2 is 1.57 bits per heavy atom. The number of rotatable bonds is 7. The first-order valence-corrected chi connectivity index (χ1v) is 12.9. The van der Waals surface area contributed by atoms with Gasteiger partial charge in [-0.15, -0.1) is 0 Å². The lowest BCUT2D eigenvalue weighted by Crippen LogP contribution is -2.40. The molecule has 0 spiro atoms. The van der Waals surface area contributed by atoms with Crippen molar-refractivity contribution >= 4 is 15.8 Å². The zero-order valence-corrected chi connectivity index (χ0v) is 19.9. The van der Waals surface area contributed by atoms with Gasteiger partial charge in [0.2, 0.25) is 10.0 Å². The number of hydrogen-bond donors (Lipinski definition) is 0. The summed E-state index contributed by atoms with van der Waals surface area (Å²) in [5.74, 6) is -0.132. The number of carbonyl (C=O) groups is 1. The molecule has 7 nitrogen and oxygen atoms in total. The number of Topliss-reactive ketones (excluding diaryl/α,β-unsaturated/α-hetero) is 1. The van der Waals surface area contributed by atoms with Gasteiger partial charge in [-0.2, -0.15) is 9.40 Å². The molecule has 0 radical (unpaired) electrons. The van der Waals surface area contributed by atoms with E-state index in [4.69, 9.17) is 9.84 Å². The lowest BCUT2D eigenvalue weighted by atomic mass is 10.0. The molecular formula is C27H25N3O4S. The number of ketones is 1. The van der Waals surface area contributed by atoms with Gasteiger partial charge in [0.1, 0.15) is 5.69 Å². The lowest BCUT2D eigenvalue weighted by Gasteiger charge is -2.26. The molecule has 0 N–H and O–H groups in total. The van der Waals surface area contributed by atoms with Crippen LogP contribution in [-0.2, 0) is 21.2 Å². The Labute approximate surface area is 204 Å². The minimum absolute atomic E-state index is 0.0623. The number of benzene rings is 3. The van der Waals surface area contributed by atoms with Gasteiger partial charge in [-0.1, -0.05) is 60.7 Å². The highest BCUT2D eigenvalue weighted by molar-refractivity contribution is 7.89. The van der Waals surface area contributed by atoms with Crippen LogP contribution in [0.2, 0.25) is 0 Å². The van der Waals surface area contributed by atoms with Gasteiger partial charge >= 0.3 is 0 Å². The highest BCUT2D eigenvalue weighted by Gasteiger charge is 2.27. The monoisotopic (exact) mass is 487 g/mol. The van der Waals surface area contributed by atoms with E-state index in [-0.39, 0.29) is 17.1 Å². The van der Waals surface area contributed by atoms with Gasteiger partial charge in [-0.3, -0.25) is 4.79 Å². The summed E-state index contributed by atoms with van der Waals surface area (Å²) in [5.41, 5.74) is 3.41. The molecule has 0 bridgehead atoms. The first-order chi connectivity index (χ1) is 17.0. The summed E-state index contributed by atoms with van der Waals surface area (Å²) in [4.78, 5) is 13.7. The maximum absolute atomic E-state index is 13.5. The summed E-state index contributed by atoms with van der Waals surface area (Å²) < 4.78 is 34.5. The maximum atomic E-state index is 13.5. The van der Waals surface area contributed by atoms with Crippen LogP contribution in [0.1, 0.15) is 15.9 Å². The molecule has 1 fully saturated rings. The van der Waals surface area contributed by atoms with Crippen molar-refractivity contribution in [2.24, 2.45) is 0 Å². The van der Waals surface area contributed by atoms with Crippen LogP contribution in [0, 0.1) is 0 Å². The van der Waals surface area contributed by atoms with E-state index in [9.17, 15) is 13.2 Å². The van der Waals surface area contributed by atoms with Crippen LogP contribution in [0.5, 0.6) is 0 Å². The van der Waals surface area contributed by atoms with Crippen molar-refractivity contribution < 1.29 is 17.9 Å². The first kappa shape index (κ1) is 23.2. The number of carbonyl (C=O) groups excluding carboxylic acids is 1. The van der Waals surface area contributed by atoms with E-state index in [0.717, 1.165) is 11.3 Å². The Bertz CT molecular complexity index is 1430. The van der Waals surface area contributed by atoms with Crippen LogP contribution < -0.4 is 0 Å². The molecular weight excluding hydrogens is 462 g/mol. The van der Waals surface area contributed by atoms with Crippen molar-refractivity contribution in [2.75, 3.05) is 26.3 Å². The molecule has 178 valence electrons. The molecule has 1 aliphatic rings. The summed E-state index contributed by atoms with van der Waals surface area (Å²) in [6.45, 7) is 1.41. The number of ether oxygens (including phenoxy) is 1. The zero-order valence-electron chi connectivity index (χ0n) is 19.1. The molecule has 0 aliphatic carbocycles. The van der Waals surface area contributed by atoms with E-state index in [1.807, 2.05) is 60.7 Å². The molecule has 0 atom stereocenters. The molecule has 0 saturated carbocycles. The Balaban J connectivity index is 1.46. The topological polar surface area (TPSA) is 81.5 Å². The number of para-hydroxylation sites is 1. The van der Waals surface area contributed by atoms with Gasteiger partial charge in [0.05, 0.1) is 29.4 Å². The molecule has 35 heavy (non-hydrogen) atoms. The minimum atomic E-state index is -3.64. The fraction of sp³-hybridized carbons (Fsp3) is 0.185. The maximum Gasteiger partial charge on any atom is 0.243 e. The van der Waals surface area contributed by atoms with Gasteiger partial charge in [0, 0.05) is 31.3 Å². The first-order valence-electron chi connectivity index (χ1n) is 11.4. The van der Waals surface area contributed by atoms with Gasteiger partial charge < -0.3 is 4.74 Å². The van der Waals surface area contributed by atoms with Crippen LogP contribution in [0.15, 0.2) is 96.0 Å². The smallest absolute Gasteiger partial charge is 0.243 e. The Kier molecular flexibility index (Phi) is 6.59. The van der Waals surface area contributed by atoms with Crippen LogP contribution in [0.25, 0.3) is 16.9 Å². The quantitative estimate of drug-likeness (QED) is 0.368. The molecule has 5 rings (SSSR count). The number of nitrogens with zero attached hydrogens (tertiary/aromatic N) is 3. The van der Waals surface area contributed by atoms with Gasteiger partial charge in [0.15, 0.2) is 5.78 Å². The van der Waals surface area contributed by atoms with Crippen molar-refractivity contribution in [2.45, 2.75) is 11.3 Å². The number of hydrogen-bond acceptors (Lipinski definition) is 5. The van der Waals surface area contributed by atoms with Gasteiger partial charge in [-0.05, 0) is 29.8 Å². The van der Waals surface area contributed by atoms with Crippen LogP contribution in [0.4, 0.5) is 0 Å². The molecule has 2 heterocycles. The predicted octanol–water partition coefficient (Wildman–Crippen LogP) is 3.99. The highest BCUT2D eigenvalue weighted by Crippen LogP contribution is 2.26. The van der Waals surface area contributed by atoms with E-state index < -0.39 is 10.0 Å². The highest BCUT2D eigenvalue weighted by atomic mass is 32.2. The average molecular weight is 488 g/mol.